The summed E-state index contributed by atoms with van der Waals surface area (Å²) >= 11 is 0. The van der Waals surface area contributed by atoms with E-state index < -0.39 is 5.60 Å². The van der Waals surface area contributed by atoms with Crippen molar-refractivity contribution in [3.8, 4) is 0 Å². The number of carbonyl (C=O) groups is 1. The van der Waals surface area contributed by atoms with Gasteiger partial charge in [0.25, 0.3) is 0 Å². The van der Waals surface area contributed by atoms with E-state index in [9.17, 15) is 4.79 Å². The zero-order valence-corrected chi connectivity index (χ0v) is 13.5. The Hall–Kier alpha value is -0.870. The summed E-state index contributed by atoms with van der Waals surface area (Å²) in [6.45, 7) is 6.40. The van der Waals surface area contributed by atoms with E-state index in [1.807, 2.05) is 32.9 Å². The SMILES string of the molecule is CC(C)(C)OC(=O)N1CC2(CC2)c2ccc(SCl)cc21. The first-order chi connectivity index (χ1) is 9.35. The van der Waals surface area contributed by atoms with Crippen LogP contribution in [-0.4, -0.2) is 18.2 Å². The van der Waals surface area contributed by atoms with Crippen molar-refractivity contribution < 1.29 is 9.53 Å². The molecule has 0 N–H and O–H groups in total. The predicted molar refractivity (Wildman–Crippen MR) is 82.6 cm³/mol. The van der Waals surface area contributed by atoms with Crippen molar-refractivity contribution in [2.75, 3.05) is 11.4 Å². The molecule has 3 nitrogen and oxygen atoms in total. The smallest absolute Gasteiger partial charge is 0.414 e. The van der Waals surface area contributed by atoms with Gasteiger partial charge < -0.3 is 4.74 Å². The molecule has 5 heteroatoms. The summed E-state index contributed by atoms with van der Waals surface area (Å²) < 4.78 is 5.52. The van der Waals surface area contributed by atoms with Crippen molar-refractivity contribution in [1.29, 1.82) is 0 Å². The number of hydrogen-bond acceptors (Lipinski definition) is 3. The summed E-state index contributed by atoms with van der Waals surface area (Å²) in [6.07, 6.45) is 2.03. The van der Waals surface area contributed by atoms with Crippen LogP contribution >= 0.6 is 21.7 Å². The van der Waals surface area contributed by atoms with Crippen molar-refractivity contribution in [2.45, 2.75) is 49.5 Å². The summed E-state index contributed by atoms with van der Waals surface area (Å²) in [5, 5.41) is 0. The fourth-order valence-corrected chi connectivity index (χ4v) is 3.33. The van der Waals surface area contributed by atoms with Crippen LogP contribution in [0.5, 0.6) is 0 Å². The van der Waals surface area contributed by atoms with E-state index in [0.717, 1.165) is 30.0 Å². The molecule has 2 aliphatic rings. The second kappa shape index (κ2) is 4.57. The van der Waals surface area contributed by atoms with E-state index in [2.05, 4.69) is 6.07 Å². The summed E-state index contributed by atoms with van der Waals surface area (Å²) in [6, 6.07) is 6.12. The first kappa shape index (κ1) is 14.1. The maximum Gasteiger partial charge on any atom is 0.414 e. The minimum absolute atomic E-state index is 0.168. The fraction of sp³-hybridized carbons (Fsp3) is 0.533. The monoisotopic (exact) mass is 311 g/mol. The molecule has 0 radical (unpaired) electrons. The van der Waals surface area contributed by atoms with E-state index in [1.54, 1.807) is 4.90 Å². The predicted octanol–water partition coefficient (Wildman–Crippen LogP) is 4.72. The van der Waals surface area contributed by atoms with Crippen LogP contribution in [0.2, 0.25) is 0 Å². The van der Waals surface area contributed by atoms with E-state index in [-0.39, 0.29) is 11.5 Å². The van der Waals surface area contributed by atoms with Gasteiger partial charge in [0.15, 0.2) is 0 Å². The normalized spacial score (nSPS) is 19.1. The molecular weight excluding hydrogens is 294 g/mol. The Kier molecular flexibility index (Phi) is 3.22. The van der Waals surface area contributed by atoms with Crippen molar-refractivity contribution in [3.63, 3.8) is 0 Å². The first-order valence-electron chi connectivity index (χ1n) is 6.78. The molecule has 20 heavy (non-hydrogen) atoms. The van der Waals surface area contributed by atoms with Crippen LogP contribution in [0.1, 0.15) is 39.2 Å². The molecule has 1 aliphatic heterocycles. The second-order valence-electron chi connectivity index (χ2n) is 6.60. The lowest BCUT2D eigenvalue weighted by molar-refractivity contribution is 0.0581. The van der Waals surface area contributed by atoms with Crippen LogP contribution in [0, 0.1) is 0 Å². The van der Waals surface area contributed by atoms with Crippen molar-refractivity contribution in [1.82, 2.24) is 0 Å². The Morgan fingerprint density at radius 2 is 2.10 bits per heavy atom. The second-order valence-corrected chi connectivity index (χ2v) is 7.69. The van der Waals surface area contributed by atoms with E-state index in [1.165, 1.54) is 16.5 Å². The Morgan fingerprint density at radius 1 is 1.40 bits per heavy atom. The number of halogens is 1. The number of benzene rings is 1. The molecule has 1 saturated carbocycles. The van der Waals surface area contributed by atoms with E-state index in [0.29, 0.717) is 0 Å². The van der Waals surface area contributed by atoms with Crippen LogP contribution in [-0.2, 0) is 10.2 Å². The van der Waals surface area contributed by atoms with Gasteiger partial charge in [-0.25, -0.2) is 4.79 Å². The molecular formula is C15H18ClNO2S. The number of amides is 1. The quantitative estimate of drug-likeness (QED) is 0.751. The number of fused-ring (bicyclic) bond motifs is 2. The molecule has 1 amide bonds. The fourth-order valence-electron chi connectivity index (χ4n) is 2.76. The zero-order chi connectivity index (χ0) is 14.5. The number of rotatable bonds is 1. The lowest BCUT2D eigenvalue weighted by Crippen LogP contribution is -2.37. The van der Waals surface area contributed by atoms with Gasteiger partial charge in [0, 0.05) is 16.9 Å². The van der Waals surface area contributed by atoms with Gasteiger partial charge in [-0.1, -0.05) is 6.07 Å². The third-order valence-electron chi connectivity index (χ3n) is 3.85. The maximum absolute atomic E-state index is 12.4. The van der Waals surface area contributed by atoms with Gasteiger partial charge in [-0.2, -0.15) is 0 Å². The molecule has 0 aromatic heterocycles. The number of carbonyl (C=O) groups excluding carboxylic acids is 1. The average Bonchev–Trinajstić information content (AvgIpc) is 3.05. The van der Waals surface area contributed by atoms with E-state index >= 15 is 0 Å². The van der Waals surface area contributed by atoms with Crippen molar-refractivity contribution >= 4 is 33.4 Å². The highest BCUT2D eigenvalue weighted by Crippen LogP contribution is 2.57. The Balaban J connectivity index is 1.94. The number of ether oxygens (including phenoxy) is 1. The average molecular weight is 312 g/mol. The van der Waals surface area contributed by atoms with Crippen molar-refractivity contribution in [3.05, 3.63) is 23.8 Å². The van der Waals surface area contributed by atoms with Crippen LogP contribution in [0.4, 0.5) is 10.5 Å². The van der Waals surface area contributed by atoms with Gasteiger partial charge in [0.1, 0.15) is 5.60 Å². The molecule has 0 bridgehead atoms. The maximum atomic E-state index is 12.4. The molecule has 1 aromatic rings. The molecule has 3 rings (SSSR count). The highest BCUT2D eigenvalue weighted by atomic mass is 35.7. The molecule has 0 unspecified atom stereocenters. The molecule has 1 fully saturated rings. The topological polar surface area (TPSA) is 29.5 Å². The minimum Gasteiger partial charge on any atom is -0.443 e. The molecule has 0 saturated heterocycles. The number of hydrogen-bond donors (Lipinski definition) is 0. The summed E-state index contributed by atoms with van der Waals surface area (Å²) in [5.74, 6) is 0. The summed E-state index contributed by atoms with van der Waals surface area (Å²) in [5.41, 5.74) is 1.91. The van der Waals surface area contributed by atoms with Crippen LogP contribution < -0.4 is 4.90 Å². The molecule has 1 heterocycles. The lowest BCUT2D eigenvalue weighted by Gasteiger charge is -2.25. The first-order valence-corrected chi connectivity index (χ1v) is 8.43. The third kappa shape index (κ3) is 2.40. The molecule has 0 atom stereocenters. The summed E-state index contributed by atoms with van der Waals surface area (Å²) in [7, 11) is 7.01. The van der Waals surface area contributed by atoms with Crippen LogP contribution in [0.25, 0.3) is 0 Å². The van der Waals surface area contributed by atoms with Gasteiger partial charge in [-0.15, -0.1) is 0 Å². The molecule has 1 aromatic carbocycles. The van der Waals surface area contributed by atoms with Crippen LogP contribution in [0.15, 0.2) is 23.1 Å². The molecule has 1 spiro atoms. The van der Waals surface area contributed by atoms with Gasteiger partial charge in [0.2, 0.25) is 0 Å². The standard InChI is InChI=1S/C15H18ClNO2S/c1-14(2,3)19-13(18)17-9-15(6-7-15)11-5-4-10(20-16)8-12(11)17/h4-5,8H,6-7,9H2,1-3H3. The van der Waals surface area contributed by atoms with Crippen LogP contribution in [0.3, 0.4) is 0 Å². The highest BCUT2D eigenvalue weighted by Gasteiger charge is 2.53. The number of nitrogens with zero attached hydrogens (tertiary/aromatic N) is 1. The zero-order valence-electron chi connectivity index (χ0n) is 11.9. The molecule has 108 valence electrons. The van der Waals surface area contributed by atoms with Gasteiger partial charge in [0.05, 0.1) is 5.69 Å². The number of anilines is 1. The van der Waals surface area contributed by atoms with Crippen molar-refractivity contribution in [2.24, 2.45) is 0 Å². The van der Waals surface area contributed by atoms with E-state index in [4.69, 9.17) is 15.4 Å². The minimum atomic E-state index is -0.477. The Labute approximate surface area is 128 Å². The highest BCUT2D eigenvalue weighted by molar-refractivity contribution is 8.21. The Bertz CT molecular complexity index is 563. The molecule has 1 aliphatic carbocycles. The lowest BCUT2D eigenvalue weighted by atomic mass is 9.99. The van der Waals surface area contributed by atoms with Gasteiger partial charge in [-0.3, -0.25) is 4.90 Å². The van der Waals surface area contributed by atoms with Gasteiger partial charge in [-0.05, 0) is 73.0 Å². The van der Waals surface area contributed by atoms with Gasteiger partial charge >= 0.3 is 6.09 Å². The summed E-state index contributed by atoms with van der Waals surface area (Å²) in [4.78, 5) is 15.1. The largest absolute Gasteiger partial charge is 0.443 e. The Morgan fingerprint density at radius 3 is 2.65 bits per heavy atom. The third-order valence-corrected chi connectivity index (χ3v) is 4.82.